The van der Waals surface area contributed by atoms with E-state index in [-0.39, 0.29) is 12.4 Å². The third kappa shape index (κ3) is 8.92. The van der Waals surface area contributed by atoms with Gasteiger partial charge in [-0.05, 0) is 94.8 Å². The maximum Gasteiger partial charge on any atom is 0.203 e. The Bertz CT molecular complexity index is 1950. The summed E-state index contributed by atoms with van der Waals surface area (Å²) in [6.07, 6.45) is 2.08. The standard InChI is InChI=1S/C44H50N2O7.ClH/c1-47-38-16-10-15-37(27-38)46(29-31-12-9-14-33(22-31)35-25-41(50-4)44(53-7)42(26-35)51-5)36-17-19-45(20-18-36)28-30-11-8-13-32(21-30)34-23-39(48-2)43(52-6)40(24-34)49-3;/h8-16,21-27,36H,17-20,28-29H2,1-7H3;1H. The lowest BCUT2D eigenvalue weighted by Crippen LogP contribution is -2.44. The quantitative estimate of drug-likeness (QED) is 0.104. The number of hydrogen-bond acceptors (Lipinski definition) is 9. The lowest BCUT2D eigenvalue weighted by molar-refractivity contribution is 0.201. The largest absolute Gasteiger partial charge is 0.497 e. The molecule has 0 unspecified atom stereocenters. The van der Waals surface area contributed by atoms with Crippen LogP contribution in [-0.2, 0) is 13.1 Å². The van der Waals surface area contributed by atoms with Gasteiger partial charge >= 0.3 is 0 Å². The van der Waals surface area contributed by atoms with E-state index >= 15 is 0 Å². The Labute approximate surface area is 325 Å². The molecule has 0 atom stereocenters. The number of ether oxygens (including phenoxy) is 7. The van der Waals surface area contributed by atoms with Crippen LogP contribution in [0.25, 0.3) is 22.3 Å². The van der Waals surface area contributed by atoms with Crippen molar-refractivity contribution in [3.63, 3.8) is 0 Å². The second kappa shape index (κ2) is 18.7. The molecule has 1 heterocycles. The Hall–Kier alpha value is -5.25. The number of halogens is 1. The van der Waals surface area contributed by atoms with Crippen molar-refractivity contribution in [2.24, 2.45) is 0 Å². The molecule has 1 aliphatic heterocycles. The van der Waals surface area contributed by atoms with Crippen molar-refractivity contribution >= 4 is 18.1 Å². The third-order valence-corrected chi connectivity index (χ3v) is 9.99. The summed E-state index contributed by atoms with van der Waals surface area (Å²) in [5.74, 6) is 4.56. The molecule has 1 saturated heterocycles. The zero-order valence-electron chi connectivity index (χ0n) is 32.2. The molecule has 0 saturated carbocycles. The number of hydrogen-bond donors (Lipinski definition) is 0. The molecule has 9 nitrogen and oxygen atoms in total. The molecule has 54 heavy (non-hydrogen) atoms. The van der Waals surface area contributed by atoms with Gasteiger partial charge in [0.15, 0.2) is 23.0 Å². The van der Waals surface area contributed by atoms with Crippen molar-refractivity contribution in [2.45, 2.75) is 32.0 Å². The summed E-state index contributed by atoms with van der Waals surface area (Å²) in [7, 11) is 11.5. The first-order chi connectivity index (χ1) is 25.9. The minimum atomic E-state index is 0. The Balaban J connectivity index is 0.00000561. The molecule has 0 spiro atoms. The van der Waals surface area contributed by atoms with Gasteiger partial charge in [-0.1, -0.05) is 42.5 Å². The first kappa shape index (κ1) is 39.9. The third-order valence-electron chi connectivity index (χ3n) is 9.99. The van der Waals surface area contributed by atoms with Crippen molar-refractivity contribution < 1.29 is 33.2 Å². The number of likely N-dealkylation sites (tertiary alicyclic amines) is 1. The number of nitrogens with zero attached hydrogens (tertiary/aromatic N) is 2. The summed E-state index contributed by atoms with van der Waals surface area (Å²) < 4.78 is 39.3. The minimum Gasteiger partial charge on any atom is -0.497 e. The van der Waals surface area contributed by atoms with Crippen molar-refractivity contribution in [3.8, 4) is 62.5 Å². The molecular formula is C44H51ClN2O7. The number of piperidine rings is 1. The van der Waals surface area contributed by atoms with Gasteiger partial charge < -0.3 is 38.1 Å². The Morgan fingerprint density at radius 1 is 0.519 bits per heavy atom. The normalized spacial score (nSPS) is 13.0. The van der Waals surface area contributed by atoms with Crippen LogP contribution in [0.4, 0.5) is 5.69 Å². The smallest absolute Gasteiger partial charge is 0.203 e. The van der Waals surface area contributed by atoms with Crippen LogP contribution >= 0.6 is 12.4 Å². The molecule has 286 valence electrons. The van der Waals surface area contributed by atoms with Gasteiger partial charge in [0.05, 0.1) is 49.8 Å². The zero-order chi connectivity index (χ0) is 37.3. The van der Waals surface area contributed by atoms with Crippen molar-refractivity contribution in [3.05, 3.63) is 108 Å². The summed E-state index contributed by atoms with van der Waals surface area (Å²) in [5.41, 5.74) is 7.83. The van der Waals surface area contributed by atoms with E-state index in [1.807, 2.05) is 30.3 Å². The molecule has 1 fully saturated rings. The highest BCUT2D eigenvalue weighted by Crippen LogP contribution is 2.43. The summed E-state index contributed by atoms with van der Waals surface area (Å²) in [4.78, 5) is 5.10. The average molecular weight is 755 g/mol. The van der Waals surface area contributed by atoms with Crippen LogP contribution in [-0.4, -0.2) is 73.8 Å². The van der Waals surface area contributed by atoms with E-state index < -0.39 is 0 Å². The van der Waals surface area contributed by atoms with Crippen LogP contribution < -0.4 is 38.1 Å². The van der Waals surface area contributed by atoms with E-state index in [1.165, 1.54) is 11.1 Å². The maximum absolute atomic E-state index is 5.66. The first-order valence-electron chi connectivity index (χ1n) is 17.8. The number of rotatable bonds is 15. The SMILES string of the molecule is COc1cccc(N(Cc2cccc(-c3cc(OC)c(OC)c(OC)c3)c2)C2CCN(Cc3cccc(-c4cc(OC)c(OC)c(OC)c4)c3)CC2)c1.Cl. The predicted molar refractivity (Wildman–Crippen MR) is 218 cm³/mol. The van der Waals surface area contributed by atoms with E-state index in [0.29, 0.717) is 40.5 Å². The van der Waals surface area contributed by atoms with Crippen LogP contribution in [0.15, 0.2) is 97.1 Å². The molecule has 0 bridgehead atoms. The Morgan fingerprint density at radius 3 is 1.48 bits per heavy atom. The fourth-order valence-corrected chi connectivity index (χ4v) is 7.26. The molecule has 0 aliphatic carbocycles. The van der Waals surface area contributed by atoms with Crippen molar-refractivity contribution in [2.75, 3.05) is 67.8 Å². The van der Waals surface area contributed by atoms with E-state index in [1.54, 1.807) is 49.8 Å². The highest BCUT2D eigenvalue weighted by molar-refractivity contribution is 5.85. The monoisotopic (exact) mass is 754 g/mol. The van der Waals surface area contributed by atoms with Gasteiger partial charge in [-0.3, -0.25) is 4.90 Å². The molecular weight excluding hydrogens is 704 g/mol. The van der Waals surface area contributed by atoms with Gasteiger partial charge in [0.1, 0.15) is 5.75 Å². The first-order valence-corrected chi connectivity index (χ1v) is 17.8. The van der Waals surface area contributed by atoms with Crippen molar-refractivity contribution in [1.29, 1.82) is 0 Å². The summed E-state index contributed by atoms with van der Waals surface area (Å²) >= 11 is 0. The molecule has 0 radical (unpaired) electrons. The molecule has 5 aromatic rings. The maximum atomic E-state index is 5.66. The molecule has 6 rings (SSSR count). The molecule has 0 amide bonds. The Morgan fingerprint density at radius 2 is 1.00 bits per heavy atom. The van der Waals surface area contributed by atoms with Crippen LogP contribution in [0, 0.1) is 0 Å². The molecule has 5 aromatic carbocycles. The summed E-state index contributed by atoms with van der Waals surface area (Å²) in [5, 5.41) is 0. The fraction of sp³-hybridized carbons (Fsp3) is 0.318. The van der Waals surface area contributed by atoms with Gasteiger partial charge in [-0.15, -0.1) is 12.4 Å². The zero-order valence-corrected chi connectivity index (χ0v) is 33.0. The second-order valence-electron chi connectivity index (χ2n) is 13.1. The van der Waals surface area contributed by atoms with Gasteiger partial charge in [-0.2, -0.15) is 0 Å². The van der Waals surface area contributed by atoms with Crippen LogP contribution in [0.1, 0.15) is 24.0 Å². The molecule has 1 aliphatic rings. The molecule has 0 N–H and O–H groups in total. The molecule has 10 heteroatoms. The lowest BCUT2D eigenvalue weighted by Gasteiger charge is -2.40. The Kier molecular flexibility index (Phi) is 13.8. The van der Waals surface area contributed by atoms with E-state index in [0.717, 1.165) is 72.7 Å². The van der Waals surface area contributed by atoms with Gasteiger partial charge in [0.25, 0.3) is 0 Å². The van der Waals surface area contributed by atoms with E-state index in [2.05, 4.69) is 76.5 Å². The average Bonchev–Trinajstić information content (AvgIpc) is 3.22. The van der Waals surface area contributed by atoms with Crippen LogP contribution in [0.3, 0.4) is 0 Å². The second-order valence-corrected chi connectivity index (χ2v) is 13.1. The van der Waals surface area contributed by atoms with Gasteiger partial charge in [-0.25, -0.2) is 0 Å². The number of anilines is 1. The van der Waals surface area contributed by atoms with E-state index in [9.17, 15) is 0 Å². The number of benzene rings is 5. The van der Waals surface area contributed by atoms with E-state index in [4.69, 9.17) is 33.2 Å². The highest BCUT2D eigenvalue weighted by Gasteiger charge is 2.26. The van der Waals surface area contributed by atoms with Gasteiger partial charge in [0.2, 0.25) is 11.5 Å². The highest BCUT2D eigenvalue weighted by atomic mass is 35.5. The van der Waals surface area contributed by atoms with Gasteiger partial charge in [0, 0.05) is 44.0 Å². The summed E-state index contributed by atoms with van der Waals surface area (Å²) in [6, 6.07) is 34.2. The van der Waals surface area contributed by atoms with Crippen LogP contribution in [0.5, 0.6) is 40.2 Å². The topological polar surface area (TPSA) is 71.1 Å². The predicted octanol–water partition coefficient (Wildman–Crippen LogP) is 9.17. The molecule has 0 aromatic heterocycles. The van der Waals surface area contributed by atoms with Crippen molar-refractivity contribution in [1.82, 2.24) is 4.90 Å². The fourth-order valence-electron chi connectivity index (χ4n) is 7.26. The number of methoxy groups -OCH3 is 7. The lowest BCUT2D eigenvalue weighted by atomic mass is 9.98. The van der Waals surface area contributed by atoms with Crippen LogP contribution in [0.2, 0.25) is 0 Å². The summed E-state index contributed by atoms with van der Waals surface area (Å²) in [6.45, 7) is 3.62. The minimum absolute atomic E-state index is 0.